The second-order valence-corrected chi connectivity index (χ2v) is 4.96. The van der Waals surface area contributed by atoms with Crippen LogP contribution in [0.3, 0.4) is 0 Å². The van der Waals surface area contributed by atoms with Crippen LogP contribution >= 0.6 is 0 Å². The highest BCUT2D eigenvalue weighted by Gasteiger charge is 2.25. The van der Waals surface area contributed by atoms with Gasteiger partial charge in [-0.1, -0.05) is 18.1 Å². The molecule has 0 aliphatic heterocycles. The first kappa shape index (κ1) is 16.7. The number of carbonyl (C=O) groups is 2. The Morgan fingerprint density at radius 3 is 2.83 bits per heavy atom. The molecule has 0 unspecified atom stereocenters. The standard InChI is InChI=1S/C16H17FN2O4/c1-4-13-14(9(2)23-19-13)16(21)22-10(3)15(20)18-12-7-5-6-11(17)8-12/h5-8,10H,4H2,1-3H3,(H,18,20)/t10-/m0/s1. The van der Waals surface area contributed by atoms with Crippen molar-refractivity contribution < 1.29 is 23.2 Å². The zero-order valence-electron chi connectivity index (χ0n) is 13.1. The van der Waals surface area contributed by atoms with Gasteiger partial charge in [0.2, 0.25) is 0 Å². The van der Waals surface area contributed by atoms with Gasteiger partial charge in [0.05, 0.1) is 5.69 Å². The molecule has 0 saturated heterocycles. The molecule has 0 fully saturated rings. The first-order valence-electron chi connectivity index (χ1n) is 7.15. The van der Waals surface area contributed by atoms with Gasteiger partial charge in [-0.3, -0.25) is 4.79 Å². The van der Waals surface area contributed by atoms with Crippen LogP contribution < -0.4 is 5.32 Å². The number of benzene rings is 1. The van der Waals surface area contributed by atoms with Crippen LogP contribution in [-0.2, 0) is 16.0 Å². The van der Waals surface area contributed by atoms with Gasteiger partial charge in [-0.25, -0.2) is 9.18 Å². The summed E-state index contributed by atoms with van der Waals surface area (Å²) < 4.78 is 23.2. The van der Waals surface area contributed by atoms with E-state index in [-0.39, 0.29) is 11.3 Å². The van der Waals surface area contributed by atoms with Crippen molar-refractivity contribution in [2.45, 2.75) is 33.3 Å². The summed E-state index contributed by atoms with van der Waals surface area (Å²) in [5.41, 5.74) is 0.997. The van der Waals surface area contributed by atoms with Crippen LogP contribution in [0.5, 0.6) is 0 Å². The Labute approximate surface area is 132 Å². The second kappa shape index (κ2) is 7.04. The summed E-state index contributed by atoms with van der Waals surface area (Å²) in [4.78, 5) is 24.2. The van der Waals surface area contributed by atoms with Crippen molar-refractivity contribution in [2.75, 3.05) is 5.32 Å². The molecule has 122 valence electrons. The summed E-state index contributed by atoms with van der Waals surface area (Å²) in [7, 11) is 0. The molecule has 7 heteroatoms. The summed E-state index contributed by atoms with van der Waals surface area (Å²) in [6, 6.07) is 5.44. The van der Waals surface area contributed by atoms with E-state index in [9.17, 15) is 14.0 Å². The van der Waals surface area contributed by atoms with Gasteiger partial charge in [0, 0.05) is 5.69 Å². The Morgan fingerprint density at radius 1 is 1.43 bits per heavy atom. The zero-order valence-corrected chi connectivity index (χ0v) is 13.1. The van der Waals surface area contributed by atoms with Crippen LogP contribution in [0.2, 0.25) is 0 Å². The molecule has 0 aliphatic carbocycles. The van der Waals surface area contributed by atoms with Gasteiger partial charge in [0.1, 0.15) is 17.1 Å². The molecule has 2 rings (SSSR count). The molecule has 1 amide bonds. The molecule has 0 saturated carbocycles. The number of hydrogen-bond donors (Lipinski definition) is 1. The predicted molar refractivity (Wildman–Crippen MR) is 80.5 cm³/mol. The first-order chi connectivity index (χ1) is 10.9. The Hall–Kier alpha value is -2.70. The van der Waals surface area contributed by atoms with E-state index in [1.165, 1.54) is 31.2 Å². The van der Waals surface area contributed by atoms with Crippen molar-refractivity contribution in [1.29, 1.82) is 0 Å². The number of aromatic nitrogens is 1. The summed E-state index contributed by atoms with van der Waals surface area (Å²) in [6.07, 6.45) is -0.546. The maximum absolute atomic E-state index is 13.1. The Balaban J connectivity index is 2.03. The molecule has 1 N–H and O–H groups in total. The van der Waals surface area contributed by atoms with Gasteiger partial charge in [0.25, 0.3) is 5.91 Å². The van der Waals surface area contributed by atoms with E-state index in [1.807, 2.05) is 6.92 Å². The smallest absolute Gasteiger partial charge is 0.344 e. The molecule has 1 heterocycles. The van der Waals surface area contributed by atoms with Crippen molar-refractivity contribution in [2.24, 2.45) is 0 Å². The third-order valence-electron chi connectivity index (χ3n) is 3.22. The van der Waals surface area contributed by atoms with E-state index >= 15 is 0 Å². The number of carbonyl (C=O) groups excluding carboxylic acids is 2. The molecule has 0 radical (unpaired) electrons. The van der Waals surface area contributed by atoms with E-state index in [4.69, 9.17) is 9.26 Å². The Kier molecular flexibility index (Phi) is 5.10. The number of ether oxygens (including phenoxy) is 1. The quantitative estimate of drug-likeness (QED) is 0.857. The van der Waals surface area contributed by atoms with Crippen LogP contribution in [-0.4, -0.2) is 23.1 Å². The monoisotopic (exact) mass is 320 g/mol. The number of esters is 1. The zero-order chi connectivity index (χ0) is 17.0. The summed E-state index contributed by atoms with van der Waals surface area (Å²) in [5, 5.41) is 6.25. The highest BCUT2D eigenvalue weighted by Crippen LogP contribution is 2.17. The summed E-state index contributed by atoms with van der Waals surface area (Å²) >= 11 is 0. The Bertz CT molecular complexity index is 727. The summed E-state index contributed by atoms with van der Waals surface area (Å²) in [6.45, 7) is 4.86. The highest BCUT2D eigenvalue weighted by molar-refractivity contribution is 5.98. The lowest BCUT2D eigenvalue weighted by Gasteiger charge is -2.13. The number of amides is 1. The van der Waals surface area contributed by atoms with Crippen molar-refractivity contribution in [3.05, 3.63) is 47.1 Å². The van der Waals surface area contributed by atoms with Crippen LogP contribution in [0.4, 0.5) is 10.1 Å². The van der Waals surface area contributed by atoms with Crippen LogP contribution in [0, 0.1) is 12.7 Å². The molecule has 0 aliphatic rings. The average Bonchev–Trinajstić information content (AvgIpc) is 2.88. The topological polar surface area (TPSA) is 81.4 Å². The van der Waals surface area contributed by atoms with E-state index in [2.05, 4.69) is 10.5 Å². The Morgan fingerprint density at radius 2 is 2.17 bits per heavy atom. The fourth-order valence-corrected chi connectivity index (χ4v) is 2.00. The molecular weight excluding hydrogens is 303 g/mol. The molecule has 0 bridgehead atoms. The molecule has 23 heavy (non-hydrogen) atoms. The normalized spacial score (nSPS) is 11.8. The van der Waals surface area contributed by atoms with E-state index in [0.29, 0.717) is 17.9 Å². The van der Waals surface area contributed by atoms with Gasteiger partial charge >= 0.3 is 5.97 Å². The number of halogens is 1. The van der Waals surface area contributed by atoms with Gasteiger partial charge in [-0.05, 0) is 38.5 Å². The van der Waals surface area contributed by atoms with Gasteiger partial charge in [-0.15, -0.1) is 0 Å². The third kappa shape index (κ3) is 3.94. The second-order valence-electron chi connectivity index (χ2n) is 4.96. The van der Waals surface area contributed by atoms with E-state index in [1.54, 1.807) is 6.92 Å². The largest absolute Gasteiger partial charge is 0.449 e. The fraction of sp³-hybridized carbons (Fsp3) is 0.312. The van der Waals surface area contributed by atoms with Crippen molar-refractivity contribution in [3.63, 3.8) is 0 Å². The number of nitrogens with zero attached hydrogens (tertiary/aromatic N) is 1. The van der Waals surface area contributed by atoms with E-state index in [0.717, 1.165) is 0 Å². The molecule has 6 nitrogen and oxygen atoms in total. The van der Waals surface area contributed by atoms with Crippen LogP contribution in [0.15, 0.2) is 28.8 Å². The molecule has 1 aromatic heterocycles. The molecule has 1 atom stereocenters. The number of nitrogens with one attached hydrogen (secondary N) is 1. The van der Waals surface area contributed by atoms with Crippen molar-refractivity contribution >= 4 is 17.6 Å². The predicted octanol–water partition coefficient (Wildman–Crippen LogP) is 2.87. The SMILES string of the molecule is CCc1noc(C)c1C(=O)O[C@@H](C)C(=O)Nc1cccc(F)c1. The lowest BCUT2D eigenvalue weighted by molar-refractivity contribution is -0.123. The maximum Gasteiger partial charge on any atom is 0.344 e. The van der Waals surface area contributed by atoms with Crippen LogP contribution in [0.25, 0.3) is 0 Å². The number of rotatable bonds is 5. The van der Waals surface area contributed by atoms with Crippen LogP contribution in [0.1, 0.15) is 35.7 Å². The number of hydrogen-bond acceptors (Lipinski definition) is 5. The number of anilines is 1. The lowest BCUT2D eigenvalue weighted by Crippen LogP contribution is -2.30. The lowest BCUT2D eigenvalue weighted by atomic mass is 10.1. The fourth-order valence-electron chi connectivity index (χ4n) is 2.00. The molecule has 0 spiro atoms. The summed E-state index contributed by atoms with van der Waals surface area (Å²) in [5.74, 6) is -1.37. The van der Waals surface area contributed by atoms with Crippen molar-refractivity contribution in [3.8, 4) is 0 Å². The minimum atomic E-state index is -1.05. The average molecular weight is 320 g/mol. The minimum absolute atomic E-state index is 0.234. The van der Waals surface area contributed by atoms with Gasteiger partial charge in [-0.2, -0.15) is 0 Å². The van der Waals surface area contributed by atoms with Gasteiger partial charge < -0.3 is 14.6 Å². The molecule has 2 aromatic rings. The minimum Gasteiger partial charge on any atom is -0.449 e. The maximum atomic E-state index is 13.1. The van der Waals surface area contributed by atoms with Gasteiger partial charge in [0.15, 0.2) is 6.10 Å². The third-order valence-corrected chi connectivity index (χ3v) is 3.22. The molecule has 1 aromatic carbocycles. The highest BCUT2D eigenvalue weighted by atomic mass is 19.1. The first-order valence-corrected chi connectivity index (χ1v) is 7.15. The van der Waals surface area contributed by atoms with E-state index < -0.39 is 23.8 Å². The molecular formula is C16H17FN2O4. The number of aryl methyl sites for hydroxylation is 2. The van der Waals surface area contributed by atoms with Crippen molar-refractivity contribution in [1.82, 2.24) is 5.16 Å².